The number of nitrogens with zero attached hydrogens (tertiary/aromatic N) is 1. The number of hydrogen-bond donors (Lipinski definition) is 0. The molecule has 1 fully saturated rings. The number of para-hydroxylation sites is 1. The molecule has 0 bridgehead atoms. The Morgan fingerprint density at radius 2 is 1.81 bits per heavy atom. The molecule has 85 valence electrons. The Kier molecular flexibility index (Phi) is 3.54. The molecule has 1 aromatic carbocycles. The molecule has 0 amide bonds. The third-order valence-electron chi connectivity index (χ3n) is 3.19. The zero-order valence-corrected chi connectivity index (χ0v) is 9.32. The maximum absolute atomic E-state index is 10.9. The van der Waals surface area contributed by atoms with Crippen LogP contribution in [0.5, 0.6) is 0 Å². The molecule has 1 aliphatic rings. The first kappa shape index (κ1) is 11.1. The zero-order valence-electron chi connectivity index (χ0n) is 9.32. The summed E-state index contributed by atoms with van der Waals surface area (Å²) in [7, 11) is 0. The van der Waals surface area contributed by atoms with Crippen LogP contribution in [0.15, 0.2) is 24.3 Å². The van der Waals surface area contributed by atoms with E-state index < -0.39 is 0 Å². The zero-order chi connectivity index (χ0) is 11.4. The van der Waals surface area contributed by atoms with Crippen LogP contribution in [-0.4, -0.2) is 4.92 Å². The minimum Gasteiger partial charge on any atom is -0.258 e. The molecular formula is C13H16NO2. The number of rotatable bonds is 3. The summed E-state index contributed by atoms with van der Waals surface area (Å²) < 4.78 is 0. The molecule has 1 aromatic rings. The standard InChI is InChI=1S/C13H16NO2/c15-14(16)13-9-5-4-8-12(13)10-11-6-2-1-3-7-11/h4-5,8-9H,1-3,6-7,10H2. The fraction of sp³-hybridized carbons (Fsp3) is 0.462. The van der Waals surface area contributed by atoms with Gasteiger partial charge in [0.25, 0.3) is 5.69 Å². The predicted molar refractivity (Wildman–Crippen MR) is 63.1 cm³/mol. The van der Waals surface area contributed by atoms with Gasteiger partial charge in [-0.1, -0.05) is 37.5 Å². The molecule has 0 atom stereocenters. The fourth-order valence-electron chi connectivity index (χ4n) is 2.34. The average molecular weight is 218 g/mol. The lowest BCUT2D eigenvalue weighted by Crippen LogP contribution is -2.08. The van der Waals surface area contributed by atoms with Crippen molar-refractivity contribution >= 4 is 5.69 Å². The summed E-state index contributed by atoms with van der Waals surface area (Å²) in [6, 6.07) is 7.08. The number of nitro groups is 1. The molecule has 1 aliphatic carbocycles. The highest BCUT2D eigenvalue weighted by molar-refractivity contribution is 5.41. The average Bonchev–Trinajstić information content (AvgIpc) is 2.31. The molecule has 1 saturated carbocycles. The Morgan fingerprint density at radius 1 is 1.12 bits per heavy atom. The van der Waals surface area contributed by atoms with Gasteiger partial charge in [-0.3, -0.25) is 10.1 Å². The summed E-state index contributed by atoms with van der Waals surface area (Å²) in [5.41, 5.74) is 1.13. The van der Waals surface area contributed by atoms with E-state index in [1.54, 1.807) is 12.1 Å². The second-order valence-electron chi connectivity index (χ2n) is 4.37. The lowest BCUT2D eigenvalue weighted by molar-refractivity contribution is -0.385. The molecule has 0 aliphatic heterocycles. The van der Waals surface area contributed by atoms with Crippen LogP contribution in [0.3, 0.4) is 0 Å². The minimum absolute atomic E-state index is 0.264. The normalized spacial score (nSPS) is 17.2. The Hall–Kier alpha value is -1.38. The molecule has 0 heterocycles. The molecule has 3 heteroatoms. The molecule has 0 spiro atoms. The van der Waals surface area contributed by atoms with Crippen LogP contribution in [-0.2, 0) is 6.42 Å². The first-order chi connectivity index (χ1) is 7.77. The number of hydrogen-bond acceptors (Lipinski definition) is 2. The van der Waals surface area contributed by atoms with Crippen molar-refractivity contribution in [1.82, 2.24) is 0 Å². The van der Waals surface area contributed by atoms with Gasteiger partial charge in [0.05, 0.1) is 4.92 Å². The Labute approximate surface area is 95.6 Å². The van der Waals surface area contributed by atoms with E-state index in [0.717, 1.165) is 24.8 Å². The summed E-state index contributed by atoms with van der Waals surface area (Å²) in [6.07, 6.45) is 6.88. The Bertz CT molecular complexity index is 370. The van der Waals surface area contributed by atoms with Gasteiger partial charge in [-0.05, 0) is 25.2 Å². The van der Waals surface area contributed by atoms with E-state index >= 15 is 0 Å². The number of benzene rings is 1. The van der Waals surface area contributed by atoms with E-state index in [-0.39, 0.29) is 10.6 Å². The predicted octanol–water partition coefficient (Wildman–Crippen LogP) is 3.68. The molecule has 0 aromatic heterocycles. The summed E-state index contributed by atoms with van der Waals surface area (Å²) in [4.78, 5) is 10.6. The van der Waals surface area contributed by atoms with Crippen LogP contribution >= 0.6 is 0 Å². The van der Waals surface area contributed by atoms with Gasteiger partial charge in [-0.2, -0.15) is 0 Å². The highest BCUT2D eigenvalue weighted by Crippen LogP contribution is 2.31. The van der Waals surface area contributed by atoms with Crippen LogP contribution in [0.25, 0.3) is 0 Å². The smallest absolute Gasteiger partial charge is 0.258 e. The van der Waals surface area contributed by atoms with Gasteiger partial charge in [-0.25, -0.2) is 0 Å². The van der Waals surface area contributed by atoms with E-state index in [1.807, 2.05) is 12.1 Å². The SMILES string of the molecule is O=[N+]([O-])c1ccccc1C[C]1CCCCC1. The van der Waals surface area contributed by atoms with Gasteiger partial charge >= 0.3 is 0 Å². The lowest BCUT2D eigenvalue weighted by atomic mass is 9.84. The molecule has 0 N–H and O–H groups in total. The van der Waals surface area contributed by atoms with Crippen LogP contribution in [0, 0.1) is 16.0 Å². The second-order valence-corrected chi connectivity index (χ2v) is 4.37. The van der Waals surface area contributed by atoms with Crippen molar-refractivity contribution in [2.45, 2.75) is 38.5 Å². The fourth-order valence-corrected chi connectivity index (χ4v) is 2.34. The van der Waals surface area contributed by atoms with Crippen molar-refractivity contribution < 1.29 is 4.92 Å². The van der Waals surface area contributed by atoms with Crippen LogP contribution in [0.2, 0.25) is 0 Å². The largest absolute Gasteiger partial charge is 0.272 e. The van der Waals surface area contributed by atoms with Crippen molar-refractivity contribution in [3.63, 3.8) is 0 Å². The van der Waals surface area contributed by atoms with Gasteiger partial charge < -0.3 is 0 Å². The van der Waals surface area contributed by atoms with E-state index in [9.17, 15) is 10.1 Å². The maximum atomic E-state index is 10.9. The third kappa shape index (κ3) is 2.60. The van der Waals surface area contributed by atoms with E-state index in [0.29, 0.717) is 0 Å². The quantitative estimate of drug-likeness (QED) is 0.573. The maximum Gasteiger partial charge on any atom is 0.272 e. The lowest BCUT2D eigenvalue weighted by Gasteiger charge is -2.20. The monoisotopic (exact) mass is 218 g/mol. The van der Waals surface area contributed by atoms with E-state index in [1.165, 1.54) is 25.2 Å². The highest BCUT2D eigenvalue weighted by Gasteiger charge is 2.19. The van der Waals surface area contributed by atoms with Gasteiger partial charge in [0.2, 0.25) is 0 Å². The minimum atomic E-state index is -0.279. The molecule has 2 rings (SSSR count). The van der Waals surface area contributed by atoms with E-state index in [2.05, 4.69) is 0 Å². The van der Waals surface area contributed by atoms with Crippen molar-refractivity contribution in [2.24, 2.45) is 0 Å². The molecular weight excluding hydrogens is 202 g/mol. The van der Waals surface area contributed by atoms with E-state index in [4.69, 9.17) is 0 Å². The summed E-state index contributed by atoms with van der Waals surface area (Å²) in [6.45, 7) is 0. The van der Waals surface area contributed by atoms with Crippen molar-refractivity contribution in [1.29, 1.82) is 0 Å². The topological polar surface area (TPSA) is 43.1 Å². The second kappa shape index (κ2) is 5.10. The molecule has 0 unspecified atom stereocenters. The van der Waals surface area contributed by atoms with Crippen LogP contribution in [0.4, 0.5) is 5.69 Å². The first-order valence-corrected chi connectivity index (χ1v) is 5.83. The summed E-state index contributed by atoms with van der Waals surface area (Å²) >= 11 is 0. The van der Waals surface area contributed by atoms with Crippen molar-refractivity contribution in [3.8, 4) is 0 Å². The van der Waals surface area contributed by atoms with Gasteiger partial charge in [0, 0.05) is 11.6 Å². The number of nitro benzene ring substituents is 1. The molecule has 16 heavy (non-hydrogen) atoms. The molecule has 3 nitrogen and oxygen atoms in total. The molecule has 0 saturated heterocycles. The van der Waals surface area contributed by atoms with Crippen LogP contribution in [0.1, 0.15) is 37.7 Å². The van der Waals surface area contributed by atoms with Crippen molar-refractivity contribution in [2.75, 3.05) is 0 Å². The van der Waals surface area contributed by atoms with Gasteiger partial charge in [0.1, 0.15) is 0 Å². The highest BCUT2D eigenvalue weighted by atomic mass is 16.6. The Balaban J connectivity index is 2.10. The van der Waals surface area contributed by atoms with Crippen LogP contribution < -0.4 is 0 Å². The summed E-state index contributed by atoms with van der Waals surface area (Å²) in [5, 5.41) is 10.9. The summed E-state index contributed by atoms with van der Waals surface area (Å²) in [5.74, 6) is 1.47. The Morgan fingerprint density at radius 3 is 2.50 bits per heavy atom. The first-order valence-electron chi connectivity index (χ1n) is 5.83. The third-order valence-corrected chi connectivity index (χ3v) is 3.19. The molecule has 1 radical (unpaired) electrons. The van der Waals surface area contributed by atoms with Gasteiger partial charge in [-0.15, -0.1) is 0 Å². The van der Waals surface area contributed by atoms with Crippen molar-refractivity contribution in [3.05, 3.63) is 45.9 Å². The van der Waals surface area contributed by atoms with Gasteiger partial charge in [0.15, 0.2) is 0 Å².